The van der Waals surface area contributed by atoms with E-state index in [0.29, 0.717) is 23.0 Å². The van der Waals surface area contributed by atoms with Crippen LogP contribution < -0.4 is 10.5 Å². The molecule has 1 saturated heterocycles. The summed E-state index contributed by atoms with van der Waals surface area (Å²) in [7, 11) is -3.17. The molecule has 1 fully saturated rings. The zero-order valence-corrected chi connectivity index (χ0v) is 15.9. The lowest BCUT2D eigenvalue weighted by Crippen LogP contribution is -2.44. The molecule has 0 bridgehead atoms. The zero-order chi connectivity index (χ0) is 19.7. The van der Waals surface area contributed by atoms with Crippen molar-refractivity contribution in [1.29, 1.82) is 0 Å². The van der Waals surface area contributed by atoms with Crippen LogP contribution in [0.5, 0.6) is 0 Å². The minimum atomic E-state index is -3.17. The van der Waals surface area contributed by atoms with Crippen molar-refractivity contribution in [3.8, 4) is 0 Å². The number of fused-ring (bicyclic) bond motifs is 1. The molecule has 144 valence electrons. The van der Waals surface area contributed by atoms with Gasteiger partial charge in [-0.15, -0.1) is 0 Å². The molecule has 3 aromatic rings. The van der Waals surface area contributed by atoms with Crippen LogP contribution >= 0.6 is 0 Å². The first-order valence-electron chi connectivity index (χ1n) is 8.96. The fourth-order valence-electron chi connectivity index (χ4n) is 3.57. The molecule has 1 aromatic heterocycles. The van der Waals surface area contributed by atoms with Crippen molar-refractivity contribution < 1.29 is 13.2 Å². The molecule has 0 unspecified atom stereocenters. The highest BCUT2D eigenvalue weighted by Crippen LogP contribution is 2.24. The molecule has 7 nitrogen and oxygen atoms in total. The number of carbonyl (C=O) groups is 1. The van der Waals surface area contributed by atoms with Crippen molar-refractivity contribution in [2.45, 2.75) is 19.0 Å². The molecular formula is C20H19N3O4S. The van der Waals surface area contributed by atoms with Crippen molar-refractivity contribution in [2.75, 3.05) is 16.4 Å². The number of rotatable bonds is 4. The van der Waals surface area contributed by atoms with E-state index < -0.39 is 15.9 Å². The van der Waals surface area contributed by atoms with Crippen LogP contribution in [0, 0.1) is 0 Å². The van der Waals surface area contributed by atoms with Gasteiger partial charge in [0.05, 0.1) is 34.8 Å². The minimum Gasteiger partial charge on any atom is -0.307 e. The quantitative estimate of drug-likeness (QED) is 0.667. The second kappa shape index (κ2) is 7.20. The molecule has 0 saturated carbocycles. The second-order valence-electron chi connectivity index (χ2n) is 6.85. The minimum absolute atomic E-state index is 0.0613. The zero-order valence-electron chi connectivity index (χ0n) is 15.1. The number of hydrogen-bond donors (Lipinski definition) is 0. The Kier molecular flexibility index (Phi) is 4.72. The van der Waals surface area contributed by atoms with E-state index in [1.807, 2.05) is 6.07 Å². The lowest BCUT2D eigenvalue weighted by atomic mass is 10.1. The Balaban J connectivity index is 1.69. The molecule has 1 aliphatic heterocycles. The highest BCUT2D eigenvalue weighted by atomic mass is 32.2. The molecule has 1 aliphatic rings. The predicted molar refractivity (Wildman–Crippen MR) is 107 cm³/mol. The highest BCUT2D eigenvalue weighted by molar-refractivity contribution is 7.91. The Labute approximate surface area is 162 Å². The smallest absolute Gasteiger partial charge is 0.261 e. The molecule has 2 heterocycles. The number of hydrogen-bond acceptors (Lipinski definition) is 5. The Morgan fingerprint density at radius 1 is 1.11 bits per heavy atom. The SMILES string of the molecule is O=C(Cn1cnc2ccccc2c1=O)N(c1ccccc1)[C@@H]1CCS(=O)(=O)C1. The van der Waals surface area contributed by atoms with Gasteiger partial charge in [0.15, 0.2) is 9.84 Å². The summed E-state index contributed by atoms with van der Waals surface area (Å²) >= 11 is 0. The van der Waals surface area contributed by atoms with Crippen LogP contribution in [0.3, 0.4) is 0 Å². The van der Waals surface area contributed by atoms with E-state index in [0.717, 1.165) is 0 Å². The van der Waals surface area contributed by atoms with E-state index in [9.17, 15) is 18.0 Å². The van der Waals surface area contributed by atoms with Gasteiger partial charge in [-0.3, -0.25) is 14.2 Å². The molecule has 0 N–H and O–H groups in total. The third-order valence-corrected chi connectivity index (χ3v) is 6.66. The lowest BCUT2D eigenvalue weighted by Gasteiger charge is -2.28. The van der Waals surface area contributed by atoms with Gasteiger partial charge < -0.3 is 4.90 Å². The van der Waals surface area contributed by atoms with Gasteiger partial charge in [-0.1, -0.05) is 30.3 Å². The first kappa shape index (κ1) is 18.4. The van der Waals surface area contributed by atoms with E-state index in [1.165, 1.54) is 15.8 Å². The summed E-state index contributed by atoms with van der Waals surface area (Å²) in [6.07, 6.45) is 1.74. The topological polar surface area (TPSA) is 89.3 Å². The number of anilines is 1. The van der Waals surface area contributed by atoms with Crippen molar-refractivity contribution in [3.63, 3.8) is 0 Å². The standard InChI is InChI=1S/C20H19N3O4S/c24-19(12-22-14-21-18-9-5-4-8-17(18)20(22)25)23(15-6-2-1-3-7-15)16-10-11-28(26,27)13-16/h1-9,14,16H,10-13H2/t16-/m1/s1. The van der Waals surface area contributed by atoms with Gasteiger partial charge >= 0.3 is 0 Å². The van der Waals surface area contributed by atoms with Crippen molar-refractivity contribution in [1.82, 2.24) is 9.55 Å². The molecule has 8 heteroatoms. The number of sulfone groups is 1. The average molecular weight is 397 g/mol. The molecule has 4 rings (SSSR count). The van der Waals surface area contributed by atoms with Gasteiger partial charge in [-0.2, -0.15) is 0 Å². The number of para-hydroxylation sites is 2. The monoisotopic (exact) mass is 397 g/mol. The molecule has 0 spiro atoms. The van der Waals surface area contributed by atoms with Crippen molar-refractivity contribution >= 4 is 32.3 Å². The maximum atomic E-state index is 13.1. The summed E-state index contributed by atoms with van der Waals surface area (Å²) in [5, 5.41) is 0.438. The molecular weight excluding hydrogens is 378 g/mol. The number of benzene rings is 2. The summed E-state index contributed by atoms with van der Waals surface area (Å²) in [6.45, 7) is -0.206. The van der Waals surface area contributed by atoms with Crippen LogP contribution in [0.1, 0.15) is 6.42 Å². The number of nitrogens with zero attached hydrogens (tertiary/aromatic N) is 3. The molecule has 28 heavy (non-hydrogen) atoms. The van der Waals surface area contributed by atoms with Crippen LogP contribution in [0.2, 0.25) is 0 Å². The van der Waals surface area contributed by atoms with Gasteiger partial charge in [-0.05, 0) is 30.7 Å². The summed E-state index contributed by atoms with van der Waals surface area (Å²) in [5.74, 6) is -0.350. The second-order valence-corrected chi connectivity index (χ2v) is 9.08. The van der Waals surface area contributed by atoms with Crippen LogP contribution in [0.4, 0.5) is 5.69 Å². The van der Waals surface area contributed by atoms with Gasteiger partial charge in [0, 0.05) is 5.69 Å². The maximum absolute atomic E-state index is 13.1. The normalized spacial score (nSPS) is 18.2. The number of aromatic nitrogens is 2. The first-order valence-corrected chi connectivity index (χ1v) is 10.8. The Hall–Kier alpha value is -3.00. The molecule has 0 aliphatic carbocycles. The van der Waals surface area contributed by atoms with Gasteiger partial charge in [0.2, 0.25) is 5.91 Å². The van der Waals surface area contributed by atoms with Crippen LogP contribution in [-0.4, -0.2) is 41.4 Å². The number of amides is 1. The predicted octanol–water partition coefficient (Wildman–Crippen LogP) is 1.62. The van der Waals surface area contributed by atoms with Crippen molar-refractivity contribution in [3.05, 3.63) is 71.3 Å². The van der Waals surface area contributed by atoms with Gasteiger partial charge in [0.1, 0.15) is 6.54 Å². The first-order chi connectivity index (χ1) is 13.4. The van der Waals surface area contributed by atoms with Crippen LogP contribution in [-0.2, 0) is 21.2 Å². The maximum Gasteiger partial charge on any atom is 0.261 e. The van der Waals surface area contributed by atoms with Gasteiger partial charge in [0.25, 0.3) is 5.56 Å². The summed E-state index contributed by atoms with van der Waals surface area (Å²) < 4.78 is 25.2. The Bertz CT molecular complexity index is 1190. The highest BCUT2D eigenvalue weighted by Gasteiger charge is 2.35. The Morgan fingerprint density at radius 2 is 1.82 bits per heavy atom. The van der Waals surface area contributed by atoms with Crippen LogP contribution in [0.15, 0.2) is 65.7 Å². The van der Waals surface area contributed by atoms with E-state index in [4.69, 9.17) is 0 Å². The van der Waals surface area contributed by atoms with Crippen LogP contribution in [0.25, 0.3) is 10.9 Å². The van der Waals surface area contributed by atoms with E-state index in [2.05, 4.69) is 4.98 Å². The third kappa shape index (κ3) is 3.55. The largest absolute Gasteiger partial charge is 0.307 e. The molecule has 1 atom stereocenters. The molecule has 1 amide bonds. The molecule has 2 aromatic carbocycles. The van der Waals surface area contributed by atoms with Gasteiger partial charge in [-0.25, -0.2) is 13.4 Å². The Morgan fingerprint density at radius 3 is 2.54 bits per heavy atom. The van der Waals surface area contributed by atoms with Crippen molar-refractivity contribution in [2.24, 2.45) is 0 Å². The van der Waals surface area contributed by atoms with E-state index in [-0.39, 0.29) is 29.5 Å². The van der Waals surface area contributed by atoms with E-state index in [1.54, 1.807) is 48.5 Å². The van der Waals surface area contributed by atoms with E-state index >= 15 is 0 Å². The fourth-order valence-corrected chi connectivity index (χ4v) is 5.27. The molecule has 0 radical (unpaired) electrons. The summed E-state index contributed by atoms with van der Waals surface area (Å²) in [4.78, 5) is 31.6. The fraction of sp³-hybridized carbons (Fsp3) is 0.250. The summed E-state index contributed by atoms with van der Waals surface area (Å²) in [5.41, 5.74) is 0.889. The lowest BCUT2D eigenvalue weighted by molar-refractivity contribution is -0.119. The average Bonchev–Trinajstić information content (AvgIpc) is 3.04. The number of carbonyl (C=O) groups excluding carboxylic acids is 1. The summed E-state index contributed by atoms with van der Waals surface area (Å²) in [6, 6.07) is 15.5. The third-order valence-electron chi connectivity index (χ3n) is 4.91.